The first kappa shape index (κ1) is 20.9. The molecule has 1 aliphatic rings. The van der Waals surface area contributed by atoms with Crippen molar-refractivity contribution in [3.05, 3.63) is 63.3 Å². The number of Topliss-reactive ketones (excluding diaryl/α,β-unsaturated/α-hetero) is 2. The maximum atomic E-state index is 12.9. The normalized spacial score (nSPS) is 13.9. The number of carbonyl (C=O) groups is 3. The quantitative estimate of drug-likeness (QED) is 0.566. The molecular formula is C22H21N5O3S. The van der Waals surface area contributed by atoms with E-state index in [0.717, 1.165) is 16.3 Å². The van der Waals surface area contributed by atoms with Crippen molar-refractivity contribution in [1.82, 2.24) is 19.9 Å². The molecule has 1 atom stereocenters. The Morgan fingerprint density at radius 1 is 1.16 bits per heavy atom. The van der Waals surface area contributed by atoms with Gasteiger partial charge in [0.15, 0.2) is 11.6 Å². The summed E-state index contributed by atoms with van der Waals surface area (Å²) in [5.41, 5.74) is 2.81. The maximum absolute atomic E-state index is 12.9. The predicted octanol–water partition coefficient (Wildman–Crippen LogP) is 3.32. The van der Waals surface area contributed by atoms with Crippen LogP contribution in [0.5, 0.6) is 0 Å². The highest BCUT2D eigenvalue weighted by Gasteiger charge is 2.25. The largest absolute Gasteiger partial charge is 0.310 e. The zero-order valence-corrected chi connectivity index (χ0v) is 18.0. The van der Waals surface area contributed by atoms with Crippen LogP contribution in [0.2, 0.25) is 0 Å². The molecule has 0 saturated heterocycles. The van der Waals surface area contributed by atoms with E-state index in [2.05, 4.69) is 25.3 Å². The molecular weight excluding hydrogens is 414 g/mol. The number of anilines is 1. The van der Waals surface area contributed by atoms with Crippen LogP contribution in [-0.2, 0) is 17.6 Å². The van der Waals surface area contributed by atoms with Gasteiger partial charge in [-0.25, -0.2) is 15.0 Å². The fourth-order valence-corrected chi connectivity index (χ4v) is 4.39. The number of amides is 1. The summed E-state index contributed by atoms with van der Waals surface area (Å²) in [7, 11) is 0. The van der Waals surface area contributed by atoms with E-state index in [9.17, 15) is 14.4 Å². The second-order valence-corrected chi connectivity index (χ2v) is 8.68. The van der Waals surface area contributed by atoms with E-state index in [1.54, 1.807) is 12.4 Å². The van der Waals surface area contributed by atoms with E-state index in [-0.39, 0.29) is 36.2 Å². The van der Waals surface area contributed by atoms with Gasteiger partial charge in [0.1, 0.15) is 17.8 Å². The maximum Gasteiger partial charge on any atom is 0.225 e. The minimum Gasteiger partial charge on any atom is -0.310 e. The Morgan fingerprint density at radius 2 is 2.00 bits per heavy atom. The number of aromatic nitrogens is 4. The van der Waals surface area contributed by atoms with Crippen molar-refractivity contribution < 1.29 is 14.4 Å². The fourth-order valence-electron chi connectivity index (χ4n) is 3.48. The zero-order valence-electron chi connectivity index (χ0n) is 17.2. The molecule has 4 rings (SSSR count). The highest BCUT2D eigenvalue weighted by atomic mass is 32.1. The molecule has 0 spiro atoms. The summed E-state index contributed by atoms with van der Waals surface area (Å²) < 4.78 is 0. The molecule has 158 valence electrons. The Morgan fingerprint density at radius 3 is 2.81 bits per heavy atom. The molecule has 1 aliphatic heterocycles. The zero-order chi connectivity index (χ0) is 22.0. The molecule has 31 heavy (non-hydrogen) atoms. The van der Waals surface area contributed by atoms with Crippen molar-refractivity contribution in [2.45, 2.75) is 45.4 Å². The van der Waals surface area contributed by atoms with Crippen LogP contribution in [0.1, 0.15) is 67.7 Å². The van der Waals surface area contributed by atoms with Gasteiger partial charge in [-0.2, -0.15) is 0 Å². The third-order valence-corrected chi connectivity index (χ3v) is 6.36. The van der Waals surface area contributed by atoms with E-state index in [0.29, 0.717) is 34.8 Å². The number of aryl methyl sites for hydroxylation is 1. The van der Waals surface area contributed by atoms with E-state index in [1.807, 2.05) is 26.0 Å². The number of pyridine rings is 1. The number of fused-ring (bicyclic) bond motifs is 1. The molecule has 1 amide bonds. The Bertz CT molecular complexity index is 1170. The van der Waals surface area contributed by atoms with Gasteiger partial charge in [-0.3, -0.25) is 19.4 Å². The van der Waals surface area contributed by atoms with E-state index in [1.165, 1.54) is 17.7 Å². The lowest BCUT2D eigenvalue weighted by atomic mass is 9.97. The van der Waals surface area contributed by atoms with Gasteiger partial charge in [0.05, 0.1) is 16.3 Å². The molecule has 0 saturated carbocycles. The van der Waals surface area contributed by atoms with Gasteiger partial charge in [0, 0.05) is 42.4 Å². The van der Waals surface area contributed by atoms with Crippen LogP contribution < -0.4 is 5.32 Å². The molecule has 8 nitrogen and oxygen atoms in total. The van der Waals surface area contributed by atoms with Gasteiger partial charge in [-0.1, -0.05) is 6.92 Å². The lowest BCUT2D eigenvalue weighted by Gasteiger charge is -2.17. The first-order valence-electron chi connectivity index (χ1n) is 9.98. The van der Waals surface area contributed by atoms with Gasteiger partial charge in [-0.15, -0.1) is 11.3 Å². The van der Waals surface area contributed by atoms with Crippen molar-refractivity contribution in [2.24, 2.45) is 0 Å². The van der Waals surface area contributed by atoms with Crippen LogP contribution in [0.15, 0.2) is 30.9 Å². The lowest BCUT2D eigenvalue weighted by molar-refractivity contribution is -0.116. The van der Waals surface area contributed by atoms with E-state index in [4.69, 9.17) is 0 Å². The number of carbonyl (C=O) groups excluding carboxylic acids is 3. The van der Waals surface area contributed by atoms with Crippen LogP contribution in [0.3, 0.4) is 0 Å². The van der Waals surface area contributed by atoms with Crippen LogP contribution in [0, 0.1) is 6.92 Å². The number of thiazole rings is 1. The van der Waals surface area contributed by atoms with Gasteiger partial charge >= 0.3 is 0 Å². The van der Waals surface area contributed by atoms with E-state index >= 15 is 0 Å². The lowest BCUT2D eigenvalue weighted by Crippen LogP contribution is -2.23. The number of hydrogen-bond donors (Lipinski definition) is 1. The molecule has 0 fully saturated rings. The minimum atomic E-state index is -0.167. The second kappa shape index (κ2) is 8.81. The summed E-state index contributed by atoms with van der Waals surface area (Å²) in [5.74, 6) is -0.0387. The standard InChI is InChI=1S/C22H21N5O3S/c1-12-5-6-23-14(7-12)9-16(28)18-10-24-22(31-18)13(2)8-17(29)20-15-3-4-19(30)27-21(15)26-11-25-20/h5-7,10-11,13H,3-4,8-9H2,1-2H3,(H,25,26,27,30)/t13-/m0/s1. The van der Waals surface area contributed by atoms with Crippen LogP contribution >= 0.6 is 11.3 Å². The number of nitrogens with one attached hydrogen (secondary N) is 1. The SMILES string of the molecule is Cc1ccnc(CC(=O)c2cnc([C@@H](C)CC(=O)c3ncnc4c3CCC(=O)N4)s2)c1. The van der Waals surface area contributed by atoms with Crippen molar-refractivity contribution in [3.8, 4) is 0 Å². The highest BCUT2D eigenvalue weighted by molar-refractivity contribution is 7.13. The average molecular weight is 436 g/mol. The molecule has 4 heterocycles. The predicted molar refractivity (Wildman–Crippen MR) is 115 cm³/mol. The first-order valence-corrected chi connectivity index (χ1v) is 10.8. The number of hydrogen-bond acceptors (Lipinski definition) is 8. The Balaban J connectivity index is 1.44. The highest BCUT2D eigenvalue weighted by Crippen LogP contribution is 2.29. The summed E-state index contributed by atoms with van der Waals surface area (Å²) in [6.07, 6.45) is 5.74. The minimum absolute atomic E-state index is 0.0408. The van der Waals surface area contributed by atoms with Crippen molar-refractivity contribution >= 4 is 34.6 Å². The van der Waals surface area contributed by atoms with Gasteiger partial charge in [0.25, 0.3) is 0 Å². The number of nitrogens with zero attached hydrogens (tertiary/aromatic N) is 4. The van der Waals surface area contributed by atoms with Gasteiger partial charge in [-0.05, 0) is 31.0 Å². The summed E-state index contributed by atoms with van der Waals surface area (Å²) in [4.78, 5) is 54.5. The third-order valence-electron chi connectivity index (χ3n) is 5.09. The number of rotatable bonds is 7. The molecule has 1 N–H and O–H groups in total. The Hall–Kier alpha value is -3.33. The summed E-state index contributed by atoms with van der Waals surface area (Å²) in [5, 5.41) is 3.41. The average Bonchev–Trinajstić information content (AvgIpc) is 3.23. The molecule has 9 heteroatoms. The molecule has 0 aromatic carbocycles. The van der Waals surface area contributed by atoms with Crippen LogP contribution in [-0.4, -0.2) is 37.4 Å². The van der Waals surface area contributed by atoms with Crippen molar-refractivity contribution in [2.75, 3.05) is 5.32 Å². The Labute approximate surface area is 183 Å². The molecule has 0 radical (unpaired) electrons. The summed E-state index contributed by atoms with van der Waals surface area (Å²) >= 11 is 1.31. The molecule has 0 aliphatic carbocycles. The Kier molecular flexibility index (Phi) is 5.94. The van der Waals surface area contributed by atoms with Crippen LogP contribution in [0.4, 0.5) is 5.82 Å². The monoisotopic (exact) mass is 435 g/mol. The van der Waals surface area contributed by atoms with Crippen LogP contribution in [0.25, 0.3) is 0 Å². The number of ketones is 2. The van der Waals surface area contributed by atoms with E-state index < -0.39 is 0 Å². The van der Waals surface area contributed by atoms with Gasteiger partial charge in [0.2, 0.25) is 5.91 Å². The van der Waals surface area contributed by atoms with Crippen molar-refractivity contribution in [3.63, 3.8) is 0 Å². The van der Waals surface area contributed by atoms with Crippen molar-refractivity contribution in [1.29, 1.82) is 0 Å². The molecule has 3 aromatic heterocycles. The topological polar surface area (TPSA) is 115 Å². The summed E-state index contributed by atoms with van der Waals surface area (Å²) in [6, 6.07) is 3.78. The second-order valence-electron chi connectivity index (χ2n) is 7.61. The molecule has 0 bridgehead atoms. The summed E-state index contributed by atoms with van der Waals surface area (Å²) in [6.45, 7) is 3.87. The molecule has 3 aromatic rings. The molecule has 0 unspecified atom stereocenters. The van der Waals surface area contributed by atoms with Gasteiger partial charge < -0.3 is 5.32 Å². The third kappa shape index (κ3) is 4.72. The smallest absolute Gasteiger partial charge is 0.225 e. The first-order chi connectivity index (χ1) is 14.9. The fraction of sp³-hybridized carbons (Fsp3) is 0.318.